The van der Waals surface area contributed by atoms with Crippen LogP contribution in [0.25, 0.3) is 0 Å². The maximum atomic E-state index is 2.35. The summed E-state index contributed by atoms with van der Waals surface area (Å²) in [5, 5.41) is 0. The normalized spacial score (nSPS) is 32.3. The van der Waals surface area contributed by atoms with Gasteiger partial charge in [-0.25, -0.2) is 0 Å². The third-order valence-corrected chi connectivity index (χ3v) is 2.77. The van der Waals surface area contributed by atoms with Crippen LogP contribution >= 0.6 is 0 Å². The summed E-state index contributed by atoms with van der Waals surface area (Å²) >= 11 is 0. The maximum Gasteiger partial charge on any atom is -0.0144 e. The van der Waals surface area contributed by atoms with Gasteiger partial charge in [0.1, 0.15) is 0 Å². The molecule has 0 heterocycles. The molecule has 0 aromatic carbocycles. The van der Waals surface area contributed by atoms with Gasteiger partial charge in [0.25, 0.3) is 0 Å². The van der Waals surface area contributed by atoms with Crippen LogP contribution in [0.3, 0.4) is 0 Å². The molecule has 0 nitrogen and oxygen atoms in total. The van der Waals surface area contributed by atoms with Gasteiger partial charge in [-0.2, -0.15) is 0 Å². The predicted octanol–water partition coefficient (Wildman–Crippen LogP) is 3.41. The molecule has 0 bridgehead atoms. The van der Waals surface area contributed by atoms with Crippen LogP contribution in [-0.4, -0.2) is 0 Å². The van der Waals surface area contributed by atoms with Crippen LogP contribution in [0.15, 0.2) is 24.3 Å². The molecular formula is C11H18. The standard InChI is InChI=1S/C11H18/c1-4-9(2)11-8-6-5-7-10(11)3/h5-11H,4H2,1-3H3/t9?,10-,11?/m0/s1. The minimum absolute atomic E-state index is 0.731. The van der Waals surface area contributed by atoms with Gasteiger partial charge in [-0.15, -0.1) is 0 Å². The van der Waals surface area contributed by atoms with Gasteiger partial charge >= 0.3 is 0 Å². The van der Waals surface area contributed by atoms with E-state index in [0.29, 0.717) is 0 Å². The van der Waals surface area contributed by atoms with Crippen molar-refractivity contribution >= 4 is 0 Å². The third-order valence-electron chi connectivity index (χ3n) is 2.77. The van der Waals surface area contributed by atoms with E-state index >= 15 is 0 Å². The van der Waals surface area contributed by atoms with E-state index in [4.69, 9.17) is 0 Å². The molecule has 62 valence electrons. The fourth-order valence-electron chi connectivity index (χ4n) is 1.72. The monoisotopic (exact) mass is 150 g/mol. The van der Waals surface area contributed by atoms with Crippen molar-refractivity contribution in [1.29, 1.82) is 0 Å². The average molecular weight is 150 g/mol. The molecule has 0 saturated carbocycles. The summed E-state index contributed by atoms with van der Waals surface area (Å²) in [7, 11) is 0. The molecule has 0 radical (unpaired) electrons. The van der Waals surface area contributed by atoms with Gasteiger partial charge in [0.2, 0.25) is 0 Å². The molecule has 1 aliphatic carbocycles. The van der Waals surface area contributed by atoms with Crippen molar-refractivity contribution in [3.63, 3.8) is 0 Å². The quantitative estimate of drug-likeness (QED) is 0.566. The van der Waals surface area contributed by atoms with E-state index in [-0.39, 0.29) is 0 Å². The third kappa shape index (κ3) is 1.95. The minimum Gasteiger partial charge on any atom is -0.0811 e. The molecule has 2 unspecified atom stereocenters. The fourth-order valence-corrected chi connectivity index (χ4v) is 1.72. The summed E-state index contributed by atoms with van der Waals surface area (Å²) in [6.07, 6.45) is 10.3. The molecule has 0 aromatic heterocycles. The zero-order valence-corrected chi connectivity index (χ0v) is 7.75. The molecule has 0 N–H and O–H groups in total. The minimum atomic E-state index is 0.731. The van der Waals surface area contributed by atoms with Gasteiger partial charge in [0, 0.05) is 0 Å². The summed E-state index contributed by atoms with van der Waals surface area (Å²) in [4.78, 5) is 0. The van der Waals surface area contributed by atoms with Crippen LogP contribution in [0, 0.1) is 17.8 Å². The highest BCUT2D eigenvalue weighted by molar-refractivity contribution is 5.14. The molecule has 3 atom stereocenters. The lowest BCUT2D eigenvalue weighted by atomic mass is 9.80. The average Bonchev–Trinajstić information content (AvgIpc) is 2.04. The molecule has 0 spiro atoms. The second-order valence-corrected chi connectivity index (χ2v) is 3.59. The van der Waals surface area contributed by atoms with Crippen molar-refractivity contribution in [1.82, 2.24) is 0 Å². The molecule has 11 heavy (non-hydrogen) atoms. The first kappa shape index (κ1) is 8.58. The number of hydrogen-bond donors (Lipinski definition) is 0. The predicted molar refractivity (Wildman–Crippen MR) is 50.4 cm³/mol. The summed E-state index contributed by atoms with van der Waals surface area (Å²) in [6.45, 7) is 6.91. The Balaban J connectivity index is 2.58. The Morgan fingerprint density at radius 3 is 2.45 bits per heavy atom. The van der Waals surface area contributed by atoms with Gasteiger partial charge < -0.3 is 0 Å². The van der Waals surface area contributed by atoms with Crippen molar-refractivity contribution in [3.8, 4) is 0 Å². The second kappa shape index (κ2) is 3.75. The first-order valence-corrected chi connectivity index (χ1v) is 4.60. The fraction of sp³-hybridized carbons (Fsp3) is 0.636. The molecule has 1 aliphatic rings. The van der Waals surface area contributed by atoms with Crippen molar-refractivity contribution in [2.45, 2.75) is 27.2 Å². The molecule has 0 fully saturated rings. The van der Waals surface area contributed by atoms with Crippen molar-refractivity contribution in [2.24, 2.45) is 17.8 Å². The largest absolute Gasteiger partial charge is 0.0811 e. The van der Waals surface area contributed by atoms with Gasteiger partial charge in [-0.05, 0) is 17.8 Å². The molecule has 0 heteroatoms. The highest BCUT2D eigenvalue weighted by atomic mass is 14.2. The number of allylic oxidation sites excluding steroid dienone is 4. The van der Waals surface area contributed by atoms with Crippen LogP contribution < -0.4 is 0 Å². The topological polar surface area (TPSA) is 0 Å². The smallest absolute Gasteiger partial charge is 0.0144 e. The van der Waals surface area contributed by atoms with Gasteiger partial charge in [-0.1, -0.05) is 51.5 Å². The lowest BCUT2D eigenvalue weighted by Crippen LogP contribution is -2.17. The number of hydrogen-bond acceptors (Lipinski definition) is 0. The Bertz CT molecular complexity index is 165. The van der Waals surface area contributed by atoms with Gasteiger partial charge in [0.05, 0.1) is 0 Å². The maximum absolute atomic E-state index is 2.35. The van der Waals surface area contributed by atoms with Crippen molar-refractivity contribution in [2.75, 3.05) is 0 Å². The van der Waals surface area contributed by atoms with E-state index in [1.807, 2.05) is 0 Å². The van der Waals surface area contributed by atoms with E-state index in [2.05, 4.69) is 45.1 Å². The SMILES string of the molecule is CCC(C)C1C=CC=C[C@@H]1C. The van der Waals surface area contributed by atoms with Gasteiger partial charge in [-0.3, -0.25) is 0 Å². The van der Waals surface area contributed by atoms with E-state index in [0.717, 1.165) is 17.8 Å². The Morgan fingerprint density at radius 1 is 1.27 bits per heavy atom. The second-order valence-electron chi connectivity index (χ2n) is 3.59. The first-order chi connectivity index (χ1) is 5.25. The Morgan fingerprint density at radius 2 is 1.91 bits per heavy atom. The van der Waals surface area contributed by atoms with E-state index in [1.165, 1.54) is 6.42 Å². The van der Waals surface area contributed by atoms with Crippen LogP contribution in [-0.2, 0) is 0 Å². The van der Waals surface area contributed by atoms with Crippen LogP contribution in [0.1, 0.15) is 27.2 Å². The highest BCUT2D eigenvalue weighted by Crippen LogP contribution is 2.28. The zero-order valence-electron chi connectivity index (χ0n) is 7.75. The summed E-state index contributed by atoms with van der Waals surface area (Å²) in [5.41, 5.74) is 0. The molecule has 0 aliphatic heterocycles. The van der Waals surface area contributed by atoms with Crippen LogP contribution in [0.2, 0.25) is 0 Å². The molecule has 0 saturated heterocycles. The van der Waals surface area contributed by atoms with Gasteiger partial charge in [0.15, 0.2) is 0 Å². The summed E-state index contributed by atoms with van der Waals surface area (Å²) in [5.74, 6) is 2.33. The van der Waals surface area contributed by atoms with E-state index in [9.17, 15) is 0 Å². The zero-order chi connectivity index (χ0) is 8.27. The lowest BCUT2D eigenvalue weighted by Gasteiger charge is -2.25. The first-order valence-electron chi connectivity index (χ1n) is 4.60. The van der Waals surface area contributed by atoms with E-state index < -0.39 is 0 Å². The Kier molecular flexibility index (Phi) is 2.92. The Labute approximate surface area is 70.0 Å². The summed E-state index contributed by atoms with van der Waals surface area (Å²) < 4.78 is 0. The molecule has 1 rings (SSSR count). The molecule has 0 amide bonds. The lowest BCUT2D eigenvalue weighted by molar-refractivity contribution is 0.347. The molecule has 0 aromatic rings. The van der Waals surface area contributed by atoms with Crippen LogP contribution in [0.5, 0.6) is 0 Å². The van der Waals surface area contributed by atoms with Crippen molar-refractivity contribution in [3.05, 3.63) is 24.3 Å². The van der Waals surface area contributed by atoms with Crippen molar-refractivity contribution < 1.29 is 0 Å². The number of rotatable bonds is 2. The van der Waals surface area contributed by atoms with Crippen LogP contribution in [0.4, 0.5) is 0 Å². The highest BCUT2D eigenvalue weighted by Gasteiger charge is 2.18. The molecular weight excluding hydrogens is 132 g/mol. The Hall–Kier alpha value is -0.520. The van der Waals surface area contributed by atoms with E-state index in [1.54, 1.807) is 0 Å². The summed E-state index contributed by atoms with van der Waals surface area (Å²) in [6, 6.07) is 0.